The van der Waals surface area contributed by atoms with Crippen LogP contribution in [0.15, 0.2) is 54.6 Å². The second-order valence-electron chi connectivity index (χ2n) is 4.00. The summed E-state index contributed by atoms with van der Waals surface area (Å²) in [7, 11) is 0. The molecule has 2 rings (SSSR count). The molecule has 0 saturated carbocycles. The van der Waals surface area contributed by atoms with Crippen LogP contribution in [-0.4, -0.2) is 11.7 Å². The van der Waals surface area contributed by atoms with E-state index in [9.17, 15) is 5.11 Å². The SMILES string of the molecule is Cc1ccccc1OC[C@H](O)c1ccccc1. The van der Waals surface area contributed by atoms with Crippen molar-refractivity contribution in [1.82, 2.24) is 0 Å². The fraction of sp³-hybridized carbons (Fsp3) is 0.200. The molecule has 0 unspecified atom stereocenters. The van der Waals surface area contributed by atoms with Gasteiger partial charge in [0, 0.05) is 0 Å². The lowest BCUT2D eigenvalue weighted by molar-refractivity contribution is 0.108. The summed E-state index contributed by atoms with van der Waals surface area (Å²) in [4.78, 5) is 0. The number of rotatable bonds is 4. The minimum absolute atomic E-state index is 0.273. The summed E-state index contributed by atoms with van der Waals surface area (Å²) in [6, 6.07) is 17.3. The monoisotopic (exact) mass is 228 g/mol. The van der Waals surface area contributed by atoms with Gasteiger partial charge in [0.25, 0.3) is 0 Å². The molecule has 88 valence electrons. The highest BCUT2D eigenvalue weighted by Crippen LogP contribution is 2.19. The molecule has 0 radical (unpaired) electrons. The van der Waals surface area contributed by atoms with Crippen LogP contribution in [0.2, 0.25) is 0 Å². The zero-order valence-electron chi connectivity index (χ0n) is 9.84. The van der Waals surface area contributed by atoms with E-state index in [0.29, 0.717) is 0 Å². The standard InChI is InChI=1S/C15H16O2/c1-12-7-5-6-10-15(12)17-11-14(16)13-8-3-2-4-9-13/h2-10,14,16H,11H2,1H3/t14-/m0/s1. The lowest BCUT2D eigenvalue weighted by Crippen LogP contribution is -2.09. The lowest BCUT2D eigenvalue weighted by atomic mass is 10.1. The van der Waals surface area contributed by atoms with E-state index in [2.05, 4.69) is 0 Å². The molecule has 0 aliphatic heterocycles. The summed E-state index contributed by atoms with van der Waals surface area (Å²) >= 11 is 0. The molecule has 17 heavy (non-hydrogen) atoms. The molecule has 2 aromatic carbocycles. The molecule has 0 heterocycles. The van der Waals surface area contributed by atoms with Crippen LogP contribution in [0.1, 0.15) is 17.2 Å². The molecule has 0 aliphatic rings. The minimum atomic E-state index is -0.587. The quantitative estimate of drug-likeness (QED) is 0.871. The van der Waals surface area contributed by atoms with E-state index < -0.39 is 6.10 Å². The van der Waals surface area contributed by atoms with Crippen molar-refractivity contribution in [3.8, 4) is 5.75 Å². The molecule has 0 fully saturated rings. The van der Waals surface area contributed by atoms with Crippen molar-refractivity contribution >= 4 is 0 Å². The van der Waals surface area contributed by atoms with Gasteiger partial charge < -0.3 is 9.84 Å². The van der Waals surface area contributed by atoms with Gasteiger partial charge in [0.1, 0.15) is 18.5 Å². The van der Waals surface area contributed by atoms with E-state index in [1.807, 2.05) is 61.5 Å². The zero-order valence-corrected chi connectivity index (χ0v) is 9.84. The van der Waals surface area contributed by atoms with Crippen LogP contribution in [0, 0.1) is 6.92 Å². The van der Waals surface area contributed by atoms with Gasteiger partial charge in [-0.3, -0.25) is 0 Å². The molecule has 0 saturated heterocycles. The van der Waals surface area contributed by atoms with E-state index in [0.717, 1.165) is 16.9 Å². The van der Waals surface area contributed by atoms with Crippen LogP contribution in [-0.2, 0) is 0 Å². The van der Waals surface area contributed by atoms with Crippen molar-refractivity contribution in [2.45, 2.75) is 13.0 Å². The molecule has 0 aliphatic carbocycles. The maximum absolute atomic E-state index is 9.95. The van der Waals surface area contributed by atoms with E-state index in [1.54, 1.807) is 0 Å². The Morgan fingerprint density at radius 1 is 1.00 bits per heavy atom. The highest BCUT2D eigenvalue weighted by atomic mass is 16.5. The molecule has 1 atom stereocenters. The molecule has 0 spiro atoms. The summed E-state index contributed by atoms with van der Waals surface area (Å²) in [5, 5.41) is 9.95. The topological polar surface area (TPSA) is 29.5 Å². The van der Waals surface area contributed by atoms with E-state index in [-0.39, 0.29) is 6.61 Å². The normalized spacial score (nSPS) is 12.1. The van der Waals surface area contributed by atoms with Gasteiger partial charge in [0.15, 0.2) is 0 Å². The summed E-state index contributed by atoms with van der Waals surface area (Å²) in [5.74, 6) is 0.822. The summed E-state index contributed by atoms with van der Waals surface area (Å²) in [6.07, 6.45) is -0.587. The third kappa shape index (κ3) is 3.08. The molecule has 2 aromatic rings. The second kappa shape index (κ2) is 5.51. The largest absolute Gasteiger partial charge is 0.490 e. The van der Waals surface area contributed by atoms with Crippen molar-refractivity contribution in [2.75, 3.05) is 6.61 Å². The Balaban J connectivity index is 1.97. The first-order valence-electron chi connectivity index (χ1n) is 5.69. The third-order valence-electron chi connectivity index (χ3n) is 2.67. The zero-order chi connectivity index (χ0) is 12.1. The van der Waals surface area contributed by atoms with Crippen LogP contribution in [0.25, 0.3) is 0 Å². The van der Waals surface area contributed by atoms with Gasteiger partial charge in [0.05, 0.1) is 0 Å². The number of aliphatic hydroxyl groups is 1. The van der Waals surface area contributed by atoms with Crippen LogP contribution in [0.3, 0.4) is 0 Å². The summed E-state index contributed by atoms with van der Waals surface area (Å²) in [5.41, 5.74) is 1.95. The second-order valence-corrected chi connectivity index (χ2v) is 4.00. The minimum Gasteiger partial charge on any atom is -0.490 e. The Hall–Kier alpha value is -1.80. The van der Waals surface area contributed by atoms with Gasteiger partial charge in [-0.2, -0.15) is 0 Å². The first-order chi connectivity index (χ1) is 8.27. The summed E-state index contributed by atoms with van der Waals surface area (Å²) in [6.45, 7) is 2.26. The fourth-order valence-corrected chi connectivity index (χ4v) is 1.66. The third-order valence-corrected chi connectivity index (χ3v) is 2.67. The van der Waals surface area contributed by atoms with Gasteiger partial charge in [-0.05, 0) is 24.1 Å². The van der Waals surface area contributed by atoms with E-state index >= 15 is 0 Å². The first-order valence-corrected chi connectivity index (χ1v) is 5.69. The number of aryl methyl sites for hydroxylation is 1. The van der Waals surface area contributed by atoms with E-state index in [1.165, 1.54) is 0 Å². The summed E-state index contributed by atoms with van der Waals surface area (Å²) < 4.78 is 5.60. The molecule has 2 heteroatoms. The predicted octanol–water partition coefficient (Wildman–Crippen LogP) is 3.11. The Kier molecular flexibility index (Phi) is 3.78. The number of hydrogen-bond donors (Lipinski definition) is 1. The number of para-hydroxylation sites is 1. The molecule has 1 N–H and O–H groups in total. The molecular weight excluding hydrogens is 212 g/mol. The van der Waals surface area contributed by atoms with Gasteiger partial charge in [-0.1, -0.05) is 48.5 Å². The highest BCUT2D eigenvalue weighted by molar-refractivity contribution is 5.31. The maximum atomic E-state index is 9.95. The molecule has 0 amide bonds. The first kappa shape index (κ1) is 11.7. The molecule has 2 nitrogen and oxygen atoms in total. The lowest BCUT2D eigenvalue weighted by Gasteiger charge is -2.13. The van der Waals surface area contributed by atoms with Gasteiger partial charge in [-0.25, -0.2) is 0 Å². The van der Waals surface area contributed by atoms with Crippen LogP contribution in [0.4, 0.5) is 0 Å². The van der Waals surface area contributed by atoms with E-state index in [4.69, 9.17) is 4.74 Å². The number of benzene rings is 2. The van der Waals surface area contributed by atoms with Gasteiger partial charge in [0.2, 0.25) is 0 Å². The van der Waals surface area contributed by atoms with Crippen molar-refractivity contribution in [3.05, 3.63) is 65.7 Å². The molecular formula is C15H16O2. The average Bonchev–Trinajstić information content (AvgIpc) is 2.38. The number of ether oxygens (including phenoxy) is 1. The fourth-order valence-electron chi connectivity index (χ4n) is 1.66. The number of hydrogen-bond acceptors (Lipinski definition) is 2. The van der Waals surface area contributed by atoms with Crippen LogP contribution >= 0.6 is 0 Å². The van der Waals surface area contributed by atoms with Crippen LogP contribution < -0.4 is 4.74 Å². The van der Waals surface area contributed by atoms with Gasteiger partial charge >= 0.3 is 0 Å². The smallest absolute Gasteiger partial charge is 0.122 e. The number of aliphatic hydroxyl groups excluding tert-OH is 1. The average molecular weight is 228 g/mol. The Labute approximate surface area is 101 Å². The highest BCUT2D eigenvalue weighted by Gasteiger charge is 2.08. The predicted molar refractivity (Wildman–Crippen MR) is 68.1 cm³/mol. The van der Waals surface area contributed by atoms with Crippen molar-refractivity contribution in [1.29, 1.82) is 0 Å². The van der Waals surface area contributed by atoms with Crippen molar-refractivity contribution in [2.24, 2.45) is 0 Å². The Morgan fingerprint density at radius 3 is 2.35 bits per heavy atom. The van der Waals surface area contributed by atoms with Crippen molar-refractivity contribution in [3.63, 3.8) is 0 Å². The Bertz CT molecular complexity index is 465. The van der Waals surface area contributed by atoms with Crippen molar-refractivity contribution < 1.29 is 9.84 Å². The maximum Gasteiger partial charge on any atom is 0.122 e. The molecule has 0 aromatic heterocycles. The molecule has 0 bridgehead atoms. The Morgan fingerprint density at radius 2 is 1.65 bits per heavy atom. The van der Waals surface area contributed by atoms with Crippen LogP contribution in [0.5, 0.6) is 5.75 Å². The van der Waals surface area contributed by atoms with Gasteiger partial charge in [-0.15, -0.1) is 0 Å².